The number of H-pyrrole nitrogens is 1. The van der Waals surface area contributed by atoms with Crippen molar-refractivity contribution in [3.05, 3.63) is 23.9 Å². The highest BCUT2D eigenvalue weighted by molar-refractivity contribution is 6.00. The zero-order chi connectivity index (χ0) is 17.4. The summed E-state index contributed by atoms with van der Waals surface area (Å²) < 4.78 is 22.1. The largest absolute Gasteiger partial charge is 0.497 e. The molecule has 1 spiro atoms. The molecule has 1 aromatic carbocycles. The number of carbonyl (C=O) groups excluding carboxylic acids is 1. The van der Waals surface area contributed by atoms with Gasteiger partial charge in [-0.05, 0) is 12.1 Å². The molecule has 1 aromatic heterocycles. The van der Waals surface area contributed by atoms with Crippen LogP contribution in [0.4, 0.5) is 0 Å². The molecule has 2 saturated heterocycles. The molecule has 2 aliphatic heterocycles. The van der Waals surface area contributed by atoms with Gasteiger partial charge in [0.1, 0.15) is 17.2 Å². The van der Waals surface area contributed by atoms with Crippen LogP contribution in [-0.4, -0.2) is 62.1 Å². The molecule has 0 aliphatic carbocycles. The van der Waals surface area contributed by atoms with E-state index < -0.39 is 5.79 Å². The number of nitrogens with one attached hydrogen (secondary N) is 1. The van der Waals surface area contributed by atoms with Crippen molar-refractivity contribution >= 4 is 16.8 Å². The summed E-state index contributed by atoms with van der Waals surface area (Å²) in [7, 11) is 3.21. The second-order valence-electron chi connectivity index (χ2n) is 6.38. The average Bonchev–Trinajstić information content (AvgIpc) is 3.28. The highest BCUT2D eigenvalue weighted by atomic mass is 16.7. The lowest BCUT2D eigenvalue weighted by Gasteiger charge is -2.37. The van der Waals surface area contributed by atoms with E-state index in [1.54, 1.807) is 20.3 Å². The molecule has 134 valence electrons. The van der Waals surface area contributed by atoms with Crippen LogP contribution >= 0.6 is 0 Å². The van der Waals surface area contributed by atoms with Crippen molar-refractivity contribution in [2.75, 3.05) is 40.5 Å². The Kier molecular flexibility index (Phi) is 4.05. The van der Waals surface area contributed by atoms with Gasteiger partial charge in [-0.25, -0.2) is 0 Å². The molecule has 0 unspecified atom stereocenters. The Balaban J connectivity index is 1.56. The van der Waals surface area contributed by atoms with Crippen molar-refractivity contribution in [1.29, 1.82) is 0 Å². The Bertz CT molecular complexity index is 784. The van der Waals surface area contributed by atoms with E-state index >= 15 is 0 Å². The lowest BCUT2D eigenvalue weighted by molar-refractivity contribution is -0.181. The Morgan fingerprint density at radius 3 is 2.48 bits per heavy atom. The molecular formula is C18H22N2O5. The van der Waals surface area contributed by atoms with Gasteiger partial charge in [0.05, 0.1) is 33.0 Å². The molecule has 0 bridgehead atoms. The number of carbonyl (C=O) groups is 1. The van der Waals surface area contributed by atoms with Crippen molar-refractivity contribution in [1.82, 2.24) is 9.88 Å². The van der Waals surface area contributed by atoms with Gasteiger partial charge in [-0.15, -0.1) is 0 Å². The van der Waals surface area contributed by atoms with Gasteiger partial charge in [0, 0.05) is 37.4 Å². The van der Waals surface area contributed by atoms with E-state index in [1.807, 2.05) is 17.0 Å². The number of aromatic nitrogens is 1. The number of hydrogen-bond acceptors (Lipinski definition) is 5. The highest BCUT2D eigenvalue weighted by Crippen LogP contribution is 2.34. The van der Waals surface area contributed by atoms with Crippen LogP contribution in [0.2, 0.25) is 0 Å². The van der Waals surface area contributed by atoms with Crippen molar-refractivity contribution in [2.45, 2.75) is 18.6 Å². The van der Waals surface area contributed by atoms with Crippen LogP contribution in [-0.2, 0) is 9.47 Å². The van der Waals surface area contributed by atoms with Crippen LogP contribution in [0.5, 0.6) is 11.5 Å². The Hall–Kier alpha value is -2.25. The van der Waals surface area contributed by atoms with E-state index in [-0.39, 0.29) is 5.91 Å². The van der Waals surface area contributed by atoms with Gasteiger partial charge in [-0.1, -0.05) is 0 Å². The normalized spacial score (nSPS) is 19.5. The number of ether oxygens (including phenoxy) is 4. The maximum Gasteiger partial charge on any atom is 0.270 e. The van der Waals surface area contributed by atoms with Gasteiger partial charge >= 0.3 is 0 Å². The third kappa shape index (κ3) is 2.83. The molecule has 2 aliphatic rings. The number of nitrogens with zero attached hydrogens (tertiary/aromatic N) is 1. The zero-order valence-corrected chi connectivity index (χ0v) is 14.5. The van der Waals surface area contributed by atoms with Crippen molar-refractivity contribution in [3.8, 4) is 11.5 Å². The fraction of sp³-hybridized carbons (Fsp3) is 0.500. The number of rotatable bonds is 3. The van der Waals surface area contributed by atoms with E-state index in [4.69, 9.17) is 18.9 Å². The van der Waals surface area contributed by atoms with Gasteiger partial charge in [0.15, 0.2) is 5.79 Å². The summed E-state index contributed by atoms with van der Waals surface area (Å²) in [5.41, 5.74) is 1.34. The molecule has 25 heavy (non-hydrogen) atoms. The lowest BCUT2D eigenvalue weighted by Crippen LogP contribution is -2.47. The maximum absolute atomic E-state index is 12.9. The summed E-state index contributed by atoms with van der Waals surface area (Å²) in [6.07, 6.45) is 1.41. The lowest BCUT2D eigenvalue weighted by atomic mass is 10.0. The average molecular weight is 346 g/mol. The molecule has 4 rings (SSSR count). The van der Waals surface area contributed by atoms with Crippen LogP contribution in [0, 0.1) is 0 Å². The topological polar surface area (TPSA) is 73.0 Å². The maximum atomic E-state index is 12.9. The summed E-state index contributed by atoms with van der Waals surface area (Å²) in [5, 5.41) is 0.885. The Morgan fingerprint density at radius 2 is 1.84 bits per heavy atom. The summed E-state index contributed by atoms with van der Waals surface area (Å²) in [5.74, 6) is 0.843. The number of likely N-dealkylation sites (tertiary alicyclic amines) is 1. The molecule has 2 aromatic rings. The monoisotopic (exact) mass is 346 g/mol. The van der Waals surface area contributed by atoms with Gasteiger partial charge in [-0.3, -0.25) is 4.79 Å². The van der Waals surface area contributed by atoms with Crippen molar-refractivity contribution in [3.63, 3.8) is 0 Å². The molecule has 2 fully saturated rings. The van der Waals surface area contributed by atoms with Gasteiger partial charge < -0.3 is 28.8 Å². The first kappa shape index (κ1) is 16.2. The Labute approximate surface area is 145 Å². The minimum absolute atomic E-state index is 0.0231. The van der Waals surface area contributed by atoms with Crippen LogP contribution in [0.25, 0.3) is 10.9 Å². The number of benzene rings is 1. The molecule has 7 nitrogen and oxygen atoms in total. The van der Waals surface area contributed by atoms with E-state index in [1.165, 1.54) is 0 Å². The molecular weight excluding hydrogens is 324 g/mol. The van der Waals surface area contributed by atoms with E-state index in [2.05, 4.69) is 4.98 Å². The fourth-order valence-electron chi connectivity index (χ4n) is 3.59. The highest BCUT2D eigenvalue weighted by Gasteiger charge is 2.41. The molecule has 1 amide bonds. The predicted molar refractivity (Wildman–Crippen MR) is 91.2 cm³/mol. The smallest absolute Gasteiger partial charge is 0.270 e. The van der Waals surface area contributed by atoms with Crippen LogP contribution in [0.3, 0.4) is 0 Å². The number of fused-ring (bicyclic) bond motifs is 1. The number of hydrogen-bond donors (Lipinski definition) is 1. The van der Waals surface area contributed by atoms with E-state index in [0.717, 1.165) is 10.9 Å². The summed E-state index contributed by atoms with van der Waals surface area (Å²) in [4.78, 5) is 17.9. The third-order valence-electron chi connectivity index (χ3n) is 4.98. The minimum Gasteiger partial charge on any atom is -0.497 e. The predicted octanol–water partition coefficient (Wildman–Crippen LogP) is 2.16. The standard InChI is InChI=1S/C18H22N2O5/c1-22-13-9-12-10-14(19-16(12)15(11-13)23-2)17(21)20-5-3-18(4-6-20)24-7-8-25-18/h9-11,19H,3-8H2,1-2H3. The molecule has 3 heterocycles. The SMILES string of the molecule is COc1cc(OC)c2[nH]c(C(=O)N3CCC4(CC3)OCCO4)cc2c1. The molecule has 1 N–H and O–H groups in total. The number of aromatic amines is 1. The summed E-state index contributed by atoms with van der Waals surface area (Å²) in [6, 6.07) is 5.53. The van der Waals surface area contributed by atoms with Gasteiger partial charge in [0.25, 0.3) is 5.91 Å². The first-order valence-corrected chi connectivity index (χ1v) is 8.46. The quantitative estimate of drug-likeness (QED) is 0.922. The van der Waals surface area contributed by atoms with Crippen LogP contribution in [0.15, 0.2) is 18.2 Å². The van der Waals surface area contributed by atoms with Crippen molar-refractivity contribution < 1.29 is 23.7 Å². The first-order chi connectivity index (χ1) is 12.1. The summed E-state index contributed by atoms with van der Waals surface area (Å²) in [6.45, 7) is 2.51. The second kappa shape index (κ2) is 6.24. The molecule has 0 atom stereocenters. The number of amides is 1. The molecule has 7 heteroatoms. The van der Waals surface area contributed by atoms with E-state index in [0.29, 0.717) is 56.3 Å². The van der Waals surface area contributed by atoms with E-state index in [9.17, 15) is 4.79 Å². The van der Waals surface area contributed by atoms with Crippen LogP contribution in [0.1, 0.15) is 23.3 Å². The third-order valence-corrected chi connectivity index (χ3v) is 4.98. The van der Waals surface area contributed by atoms with Gasteiger partial charge in [-0.2, -0.15) is 0 Å². The minimum atomic E-state index is -0.478. The number of piperidine rings is 1. The first-order valence-electron chi connectivity index (χ1n) is 8.46. The van der Waals surface area contributed by atoms with Gasteiger partial charge in [0.2, 0.25) is 0 Å². The molecule has 0 saturated carbocycles. The summed E-state index contributed by atoms with van der Waals surface area (Å²) >= 11 is 0. The zero-order valence-electron chi connectivity index (χ0n) is 14.5. The van der Waals surface area contributed by atoms with Crippen LogP contribution < -0.4 is 9.47 Å². The fourth-order valence-corrected chi connectivity index (χ4v) is 3.59. The Morgan fingerprint density at radius 1 is 1.12 bits per heavy atom. The molecule has 0 radical (unpaired) electrons. The van der Waals surface area contributed by atoms with Crippen molar-refractivity contribution in [2.24, 2.45) is 0 Å². The number of methoxy groups -OCH3 is 2. The second-order valence-corrected chi connectivity index (χ2v) is 6.38.